The summed E-state index contributed by atoms with van der Waals surface area (Å²) in [5.41, 5.74) is 1.13. The number of methoxy groups -OCH3 is 1. The predicted molar refractivity (Wildman–Crippen MR) is 102 cm³/mol. The standard InChI is InChI=1S/C19H21BrN2O5/c1-11-7-15(12(2)27-11)19(25)21-10-17(23)22-16(9-18(24)26-3)13-5-4-6-14(20)8-13/h4-8,16H,9-10H2,1-3H3,(H,21,25)(H,22,23). The molecule has 27 heavy (non-hydrogen) atoms. The molecular weight excluding hydrogens is 416 g/mol. The number of halogens is 1. The van der Waals surface area contributed by atoms with Crippen LogP contribution in [0.2, 0.25) is 0 Å². The van der Waals surface area contributed by atoms with Crippen LogP contribution in [0.1, 0.15) is 39.9 Å². The number of nitrogens with one attached hydrogen (secondary N) is 2. The monoisotopic (exact) mass is 436 g/mol. The van der Waals surface area contributed by atoms with Gasteiger partial charge >= 0.3 is 5.97 Å². The summed E-state index contributed by atoms with van der Waals surface area (Å²) in [5, 5.41) is 5.31. The maximum atomic E-state index is 12.3. The maximum Gasteiger partial charge on any atom is 0.307 e. The molecule has 1 heterocycles. The fourth-order valence-corrected chi connectivity index (χ4v) is 3.00. The third-order valence-corrected chi connectivity index (χ3v) is 4.37. The van der Waals surface area contributed by atoms with Gasteiger partial charge in [0.15, 0.2) is 0 Å². The van der Waals surface area contributed by atoms with Gasteiger partial charge in [-0.05, 0) is 37.6 Å². The molecule has 0 saturated heterocycles. The van der Waals surface area contributed by atoms with Gasteiger partial charge < -0.3 is 19.8 Å². The molecule has 2 aromatic rings. The van der Waals surface area contributed by atoms with Gasteiger partial charge in [-0.2, -0.15) is 0 Å². The molecule has 1 aromatic heterocycles. The first-order valence-corrected chi connectivity index (χ1v) is 9.06. The molecule has 2 rings (SSSR count). The molecule has 0 aliphatic carbocycles. The Morgan fingerprint density at radius 3 is 2.56 bits per heavy atom. The summed E-state index contributed by atoms with van der Waals surface area (Å²) in [6.07, 6.45) is -0.0212. The average Bonchev–Trinajstić information content (AvgIpc) is 2.97. The topological polar surface area (TPSA) is 97.6 Å². The predicted octanol–water partition coefficient (Wildman–Crippen LogP) is 2.81. The van der Waals surface area contributed by atoms with Crippen LogP contribution in [-0.2, 0) is 14.3 Å². The zero-order chi connectivity index (χ0) is 20.0. The van der Waals surface area contributed by atoms with Gasteiger partial charge in [0.05, 0.1) is 31.7 Å². The minimum absolute atomic E-state index is 0.0212. The molecule has 2 amide bonds. The Labute approximate surface area is 165 Å². The van der Waals surface area contributed by atoms with Crippen molar-refractivity contribution in [1.82, 2.24) is 10.6 Å². The number of ether oxygens (including phenoxy) is 1. The molecule has 7 nitrogen and oxygen atoms in total. The van der Waals surface area contributed by atoms with Crippen LogP contribution in [0.3, 0.4) is 0 Å². The highest BCUT2D eigenvalue weighted by molar-refractivity contribution is 9.10. The highest BCUT2D eigenvalue weighted by atomic mass is 79.9. The molecule has 0 aliphatic heterocycles. The van der Waals surface area contributed by atoms with Crippen LogP contribution in [0, 0.1) is 13.8 Å². The van der Waals surface area contributed by atoms with Crippen molar-refractivity contribution in [2.75, 3.05) is 13.7 Å². The molecule has 0 radical (unpaired) electrons. The van der Waals surface area contributed by atoms with Crippen LogP contribution in [0.4, 0.5) is 0 Å². The Balaban J connectivity index is 2.01. The van der Waals surface area contributed by atoms with Gasteiger partial charge in [0.25, 0.3) is 5.91 Å². The van der Waals surface area contributed by atoms with E-state index in [0.717, 1.165) is 10.0 Å². The maximum absolute atomic E-state index is 12.3. The van der Waals surface area contributed by atoms with Gasteiger partial charge in [0.2, 0.25) is 5.91 Å². The van der Waals surface area contributed by atoms with Crippen LogP contribution in [0.15, 0.2) is 39.2 Å². The van der Waals surface area contributed by atoms with Gasteiger partial charge in [-0.25, -0.2) is 0 Å². The second-order valence-electron chi connectivity index (χ2n) is 5.96. The van der Waals surface area contributed by atoms with Crippen LogP contribution in [0.25, 0.3) is 0 Å². The Morgan fingerprint density at radius 1 is 1.22 bits per heavy atom. The van der Waals surface area contributed by atoms with Crippen molar-refractivity contribution >= 4 is 33.7 Å². The molecule has 0 spiro atoms. The molecule has 0 fully saturated rings. The van der Waals surface area contributed by atoms with Crippen molar-refractivity contribution in [2.24, 2.45) is 0 Å². The minimum Gasteiger partial charge on any atom is -0.469 e. The van der Waals surface area contributed by atoms with E-state index in [9.17, 15) is 14.4 Å². The van der Waals surface area contributed by atoms with E-state index >= 15 is 0 Å². The van der Waals surface area contributed by atoms with E-state index in [-0.39, 0.29) is 13.0 Å². The number of carbonyl (C=O) groups is 3. The molecule has 1 unspecified atom stereocenters. The smallest absolute Gasteiger partial charge is 0.307 e. The summed E-state index contributed by atoms with van der Waals surface area (Å²) in [6.45, 7) is 3.20. The molecule has 0 bridgehead atoms. The molecule has 1 aromatic carbocycles. The number of esters is 1. The number of furan rings is 1. The number of benzene rings is 1. The van der Waals surface area contributed by atoms with Crippen molar-refractivity contribution < 1.29 is 23.5 Å². The van der Waals surface area contributed by atoms with E-state index in [0.29, 0.717) is 17.1 Å². The van der Waals surface area contributed by atoms with Crippen molar-refractivity contribution in [2.45, 2.75) is 26.3 Å². The van der Waals surface area contributed by atoms with E-state index < -0.39 is 23.8 Å². The summed E-state index contributed by atoms with van der Waals surface area (Å²) in [7, 11) is 1.29. The fourth-order valence-electron chi connectivity index (χ4n) is 2.58. The number of hydrogen-bond donors (Lipinski definition) is 2. The lowest BCUT2D eigenvalue weighted by atomic mass is 10.0. The van der Waals surface area contributed by atoms with E-state index in [1.54, 1.807) is 26.0 Å². The highest BCUT2D eigenvalue weighted by Crippen LogP contribution is 2.21. The lowest BCUT2D eigenvalue weighted by Crippen LogP contribution is -2.39. The Bertz CT molecular complexity index is 846. The summed E-state index contributed by atoms with van der Waals surface area (Å²) in [4.78, 5) is 36.2. The van der Waals surface area contributed by atoms with Gasteiger partial charge in [-0.15, -0.1) is 0 Å². The number of rotatable bonds is 7. The minimum atomic E-state index is -0.572. The molecular formula is C19H21BrN2O5. The number of amides is 2. The molecule has 0 aliphatic rings. The van der Waals surface area contributed by atoms with E-state index in [4.69, 9.17) is 9.15 Å². The Kier molecular flexibility index (Phi) is 7.18. The van der Waals surface area contributed by atoms with Crippen LogP contribution < -0.4 is 10.6 Å². The van der Waals surface area contributed by atoms with Gasteiger partial charge in [-0.1, -0.05) is 28.1 Å². The fraction of sp³-hybridized carbons (Fsp3) is 0.316. The summed E-state index contributed by atoms with van der Waals surface area (Å²) in [6, 6.07) is 8.30. The quantitative estimate of drug-likeness (QED) is 0.650. The van der Waals surface area contributed by atoms with Crippen LogP contribution >= 0.6 is 15.9 Å². The lowest BCUT2D eigenvalue weighted by molar-refractivity contribution is -0.141. The first-order chi connectivity index (χ1) is 12.8. The lowest BCUT2D eigenvalue weighted by Gasteiger charge is -2.18. The third-order valence-electron chi connectivity index (χ3n) is 3.88. The van der Waals surface area contributed by atoms with Crippen molar-refractivity contribution in [3.8, 4) is 0 Å². The highest BCUT2D eigenvalue weighted by Gasteiger charge is 2.20. The molecule has 2 N–H and O–H groups in total. The van der Waals surface area contributed by atoms with Gasteiger partial charge in [-0.3, -0.25) is 14.4 Å². The average molecular weight is 437 g/mol. The van der Waals surface area contributed by atoms with Gasteiger partial charge in [0, 0.05) is 4.47 Å². The zero-order valence-corrected chi connectivity index (χ0v) is 16.9. The molecule has 8 heteroatoms. The van der Waals surface area contributed by atoms with Crippen molar-refractivity contribution in [3.63, 3.8) is 0 Å². The molecule has 1 atom stereocenters. The number of hydrogen-bond acceptors (Lipinski definition) is 5. The van der Waals surface area contributed by atoms with E-state index in [1.165, 1.54) is 7.11 Å². The number of carbonyl (C=O) groups excluding carboxylic acids is 3. The zero-order valence-electron chi connectivity index (χ0n) is 15.3. The van der Waals surface area contributed by atoms with Crippen LogP contribution in [-0.4, -0.2) is 31.4 Å². The second-order valence-corrected chi connectivity index (χ2v) is 6.88. The normalized spacial score (nSPS) is 11.6. The van der Waals surface area contributed by atoms with Gasteiger partial charge in [0.1, 0.15) is 11.5 Å². The van der Waals surface area contributed by atoms with E-state index in [2.05, 4.69) is 26.6 Å². The molecule has 144 valence electrons. The third kappa shape index (κ3) is 5.96. The van der Waals surface area contributed by atoms with Crippen molar-refractivity contribution in [3.05, 3.63) is 57.5 Å². The first-order valence-electron chi connectivity index (χ1n) is 8.27. The second kappa shape index (κ2) is 9.36. The largest absolute Gasteiger partial charge is 0.469 e. The molecule has 0 saturated carbocycles. The SMILES string of the molecule is COC(=O)CC(NC(=O)CNC(=O)c1cc(C)oc1C)c1cccc(Br)c1. The Morgan fingerprint density at radius 2 is 1.96 bits per heavy atom. The summed E-state index contributed by atoms with van der Waals surface area (Å²) in [5.74, 6) is -0.159. The first kappa shape index (κ1) is 20.7. The van der Waals surface area contributed by atoms with E-state index in [1.807, 2.05) is 18.2 Å². The summed E-state index contributed by atoms with van der Waals surface area (Å²) >= 11 is 3.37. The number of aryl methyl sites for hydroxylation is 2. The van der Waals surface area contributed by atoms with Crippen molar-refractivity contribution in [1.29, 1.82) is 0 Å². The Hall–Kier alpha value is -2.61. The van der Waals surface area contributed by atoms with Crippen LogP contribution in [0.5, 0.6) is 0 Å². The summed E-state index contributed by atoms with van der Waals surface area (Å²) < 4.78 is 10.8.